The average Bonchev–Trinajstić information content (AvgIpc) is 3.40. The van der Waals surface area contributed by atoms with Crippen LogP contribution in [0, 0.1) is 0 Å². The van der Waals surface area contributed by atoms with Gasteiger partial charge in [0.15, 0.2) is 11.5 Å². The van der Waals surface area contributed by atoms with E-state index in [1.165, 1.54) is 12.0 Å². The van der Waals surface area contributed by atoms with Gasteiger partial charge in [-0.15, -0.1) is 11.3 Å². The summed E-state index contributed by atoms with van der Waals surface area (Å²) >= 11 is 7.63. The molecule has 0 saturated heterocycles. The Balaban J connectivity index is 1.64. The molecule has 1 aliphatic rings. The Morgan fingerprint density at radius 2 is 2.23 bits per heavy atom. The number of aryl methyl sites for hydroxylation is 1. The van der Waals surface area contributed by atoms with E-state index in [1.807, 2.05) is 6.07 Å². The quantitative estimate of drug-likeness (QED) is 0.507. The fourth-order valence-electron chi connectivity index (χ4n) is 3.50. The zero-order valence-corrected chi connectivity index (χ0v) is 18.0. The molecule has 2 N–H and O–H groups in total. The number of nitrogens with zero attached hydrogens (tertiary/aromatic N) is 1. The SMILES string of the molecule is COc1cc(/C=N/c2sc3c(c2C(=O)NCc2ccco2)CCCC3)cc(Cl)c1O. The number of carbonyl (C=O) groups excluding carboxylic acids is 1. The molecule has 1 amide bonds. The fourth-order valence-corrected chi connectivity index (χ4v) is 4.95. The summed E-state index contributed by atoms with van der Waals surface area (Å²) in [4.78, 5) is 18.8. The Labute approximate surface area is 183 Å². The Morgan fingerprint density at radius 1 is 1.40 bits per heavy atom. The molecule has 6 nitrogen and oxygen atoms in total. The number of nitrogens with one attached hydrogen (secondary N) is 1. The minimum Gasteiger partial charge on any atom is -0.503 e. The zero-order valence-electron chi connectivity index (χ0n) is 16.4. The van der Waals surface area contributed by atoms with Crippen molar-refractivity contribution < 1.29 is 19.1 Å². The third-order valence-electron chi connectivity index (χ3n) is 4.98. The molecule has 0 unspecified atom stereocenters. The van der Waals surface area contributed by atoms with E-state index in [9.17, 15) is 9.90 Å². The van der Waals surface area contributed by atoms with Crippen molar-refractivity contribution in [1.82, 2.24) is 5.32 Å². The van der Waals surface area contributed by atoms with Gasteiger partial charge in [-0.1, -0.05) is 11.6 Å². The number of hydrogen-bond acceptors (Lipinski definition) is 6. The molecule has 0 saturated carbocycles. The topological polar surface area (TPSA) is 84.1 Å². The summed E-state index contributed by atoms with van der Waals surface area (Å²) in [5, 5.41) is 13.7. The van der Waals surface area contributed by atoms with E-state index >= 15 is 0 Å². The highest BCUT2D eigenvalue weighted by Gasteiger charge is 2.25. The molecule has 2 heterocycles. The van der Waals surface area contributed by atoms with Gasteiger partial charge < -0.3 is 19.6 Å². The first kappa shape index (κ1) is 20.5. The number of phenolic OH excluding ortho intramolecular Hbond substituents is 1. The number of hydrogen-bond donors (Lipinski definition) is 2. The van der Waals surface area contributed by atoms with Gasteiger partial charge in [0.1, 0.15) is 10.8 Å². The van der Waals surface area contributed by atoms with E-state index in [1.54, 1.807) is 42.0 Å². The Morgan fingerprint density at radius 3 is 3.00 bits per heavy atom. The van der Waals surface area contributed by atoms with Crippen LogP contribution >= 0.6 is 22.9 Å². The predicted molar refractivity (Wildman–Crippen MR) is 118 cm³/mol. The first-order valence-electron chi connectivity index (χ1n) is 9.62. The standard InChI is InChI=1S/C22H21ClN2O4S/c1-28-17-10-13(9-16(23)20(17)26)11-25-22-19(15-6-2-3-7-18(15)30-22)21(27)24-12-14-5-4-8-29-14/h4-5,8-11,26H,2-3,6-7,12H2,1H3,(H,24,27)/b25-11+. The molecule has 30 heavy (non-hydrogen) atoms. The van der Waals surface area contributed by atoms with Crippen molar-refractivity contribution in [1.29, 1.82) is 0 Å². The van der Waals surface area contributed by atoms with Gasteiger partial charge >= 0.3 is 0 Å². The third kappa shape index (κ3) is 4.22. The normalized spacial score (nSPS) is 13.4. The van der Waals surface area contributed by atoms with Gasteiger partial charge in [-0.3, -0.25) is 4.79 Å². The van der Waals surface area contributed by atoms with Gasteiger partial charge in [-0.05, 0) is 61.1 Å². The molecule has 0 spiro atoms. The van der Waals surface area contributed by atoms with E-state index in [4.69, 9.17) is 20.8 Å². The molecule has 0 radical (unpaired) electrons. The number of rotatable bonds is 6. The van der Waals surface area contributed by atoms with Gasteiger partial charge in [0.05, 0.1) is 30.5 Å². The fraction of sp³-hybridized carbons (Fsp3) is 0.273. The number of amides is 1. The summed E-state index contributed by atoms with van der Waals surface area (Å²) in [5.74, 6) is 0.703. The maximum absolute atomic E-state index is 13.0. The lowest BCUT2D eigenvalue weighted by Crippen LogP contribution is -2.23. The second-order valence-corrected chi connectivity index (χ2v) is 8.46. The van der Waals surface area contributed by atoms with Crippen molar-refractivity contribution in [3.05, 3.63) is 62.9 Å². The van der Waals surface area contributed by atoms with Crippen LogP contribution in [0.3, 0.4) is 0 Å². The van der Waals surface area contributed by atoms with Gasteiger partial charge in [-0.2, -0.15) is 0 Å². The van der Waals surface area contributed by atoms with Crippen LogP contribution in [0.15, 0.2) is 39.9 Å². The van der Waals surface area contributed by atoms with Crippen molar-refractivity contribution in [3.63, 3.8) is 0 Å². The van der Waals surface area contributed by atoms with Crippen LogP contribution in [0.4, 0.5) is 5.00 Å². The summed E-state index contributed by atoms with van der Waals surface area (Å²) in [6.45, 7) is 0.324. The van der Waals surface area contributed by atoms with Crippen LogP contribution in [-0.2, 0) is 19.4 Å². The van der Waals surface area contributed by atoms with Gasteiger partial charge in [0, 0.05) is 11.1 Å². The maximum atomic E-state index is 13.0. The molecule has 2 aromatic heterocycles. The summed E-state index contributed by atoms with van der Waals surface area (Å²) < 4.78 is 10.5. The molecule has 4 rings (SSSR count). The molecule has 8 heteroatoms. The molecule has 0 bridgehead atoms. The first-order valence-corrected chi connectivity index (χ1v) is 10.8. The number of methoxy groups -OCH3 is 1. The third-order valence-corrected chi connectivity index (χ3v) is 6.47. The first-order chi connectivity index (χ1) is 14.6. The number of phenols is 1. The molecular weight excluding hydrogens is 424 g/mol. The largest absolute Gasteiger partial charge is 0.503 e. The Kier molecular flexibility index (Phi) is 6.11. The molecule has 156 valence electrons. The van der Waals surface area contributed by atoms with Crippen LogP contribution in [0.5, 0.6) is 11.5 Å². The molecule has 0 atom stereocenters. The number of benzene rings is 1. The number of halogens is 1. The van der Waals surface area contributed by atoms with E-state index in [2.05, 4.69) is 10.3 Å². The van der Waals surface area contributed by atoms with Crippen LogP contribution < -0.4 is 10.1 Å². The Hall–Kier alpha value is -2.77. The van der Waals surface area contributed by atoms with Crippen LogP contribution in [0.2, 0.25) is 5.02 Å². The molecule has 0 fully saturated rings. The highest BCUT2D eigenvalue weighted by atomic mass is 35.5. The van der Waals surface area contributed by atoms with Crippen molar-refractivity contribution in [2.45, 2.75) is 32.2 Å². The molecule has 0 aliphatic heterocycles. The highest BCUT2D eigenvalue weighted by Crippen LogP contribution is 2.40. The number of carbonyl (C=O) groups is 1. The number of furan rings is 1. The lowest BCUT2D eigenvalue weighted by Gasteiger charge is -2.12. The van der Waals surface area contributed by atoms with Crippen molar-refractivity contribution in [3.8, 4) is 11.5 Å². The van der Waals surface area contributed by atoms with Gasteiger partial charge in [-0.25, -0.2) is 4.99 Å². The van der Waals surface area contributed by atoms with Crippen molar-refractivity contribution in [2.75, 3.05) is 7.11 Å². The predicted octanol–water partition coefficient (Wildman–Crippen LogP) is 5.27. The molecule has 1 aromatic carbocycles. The summed E-state index contributed by atoms with van der Waals surface area (Å²) in [6, 6.07) is 6.87. The van der Waals surface area contributed by atoms with Crippen molar-refractivity contribution >= 4 is 40.1 Å². The monoisotopic (exact) mass is 444 g/mol. The Bertz CT molecular complexity index is 1090. The molecule has 1 aliphatic carbocycles. The lowest BCUT2D eigenvalue weighted by atomic mass is 9.95. The molecule has 3 aromatic rings. The van der Waals surface area contributed by atoms with Gasteiger partial charge in [0.25, 0.3) is 5.91 Å². The minimum atomic E-state index is -0.153. The number of ether oxygens (including phenoxy) is 1. The average molecular weight is 445 g/mol. The smallest absolute Gasteiger partial charge is 0.255 e. The van der Waals surface area contributed by atoms with Crippen LogP contribution in [-0.4, -0.2) is 24.3 Å². The second-order valence-electron chi connectivity index (χ2n) is 6.96. The minimum absolute atomic E-state index is 0.110. The number of aliphatic imine (C=N–C) groups is 1. The highest BCUT2D eigenvalue weighted by molar-refractivity contribution is 7.16. The number of aromatic hydroxyl groups is 1. The second kappa shape index (κ2) is 8.93. The van der Waals surface area contributed by atoms with Crippen LogP contribution in [0.1, 0.15) is 45.0 Å². The number of fused-ring (bicyclic) bond motifs is 1. The van der Waals surface area contributed by atoms with E-state index in [0.717, 1.165) is 31.2 Å². The summed E-state index contributed by atoms with van der Waals surface area (Å²) in [5.41, 5.74) is 2.40. The summed E-state index contributed by atoms with van der Waals surface area (Å²) in [6.07, 6.45) is 7.25. The van der Waals surface area contributed by atoms with Crippen LogP contribution in [0.25, 0.3) is 0 Å². The number of thiophene rings is 1. The molecular formula is C22H21ClN2O4S. The lowest BCUT2D eigenvalue weighted by molar-refractivity contribution is 0.0948. The van der Waals surface area contributed by atoms with E-state index in [0.29, 0.717) is 28.4 Å². The zero-order chi connectivity index (χ0) is 21.1. The summed E-state index contributed by atoms with van der Waals surface area (Å²) in [7, 11) is 1.46. The van der Waals surface area contributed by atoms with Gasteiger partial charge in [0.2, 0.25) is 0 Å². The van der Waals surface area contributed by atoms with Crippen molar-refractivity contribution in [2.24, 2.45) is 4.99 Å². The van der Waals surface area contributed by atoms with E-state index < -0.39 is 0 Å². The van der Waals surface area contributed by atoms with E-state index in [-0.39, 0.29) is 22.4 Å². The maximum Gasteiger partial charge on any atom is 0.255 e.